The normalized spacial score (nSPS) is 14.8. The number of rotatable bonds is 6. The van der Waals surface area contributed by atoms with Crippen LogP contribution >= 0.6 is 15.9 Å². The number of hydrogen-bond donors (Lipinski definition) is 1. The minimum atomic E-state index is -0.786. The molecule has 0 unspecified atom stereocenters. The van der Waals surface area contributed by atoms with Gasteiger partial charge in [-0.1, -0.05) is 35.9 Å². The third-order valence-corrected chi connectivity index (χ3v) is 6.22. The maximum atomic E-state index is 13.3. The van der Waals surface area contributed by atoms with Crippen LogP contribution in [-0.4, -0.2) is 25.0 Å². The van der Waals surface area contributed by atoms with E-state index in [9.17, 15) is 14.4 Å². The molecular weight excluding hydrogens is 524 g/mol. The lowest BCUT2D eigenvalue weighted by atomic mass is 10.0. The molecule has 1 heterocycles. The van der Waals surface area contributed by atoms with Gasteiger partial charge in [-0.2, -0.15) is 0 Å². The molecule has 3 aromatic rings. The first-order valence-corrected chi connectivity index (χ1v) is 12.0. The second-order valence-corrected chi connectivity index (χ2v) is 9.47. The molecular formula is C28H25BrN2O5. The zero-order valence-electron chi connectivity index (χ0n) is 20.3. The summed E-state index contributed by atoms with van der Waals surface area (Å²) < 4.78 is 12.1. The van der Waals surface area contributed by atoms with Gasteiger partial charge in [0.05, 0.1) is 17.3 Å². The summed E-state index contributed by atoms with van der Waals surface area (Å²) in [6, 6.07) is 16.0. The van der Waals surface area contributed by atoms with E-state index in [0.717, 1.165) is 27.2 Å². The predicted octanol–water partition coefficient (Wildman–Crippen LogP) is 5.63. The highest BCUT2D eigenvalue weighted by atomic mass is 79.9. The number of methoxy groups -OCH3 is 1. The van der Waals surface area contributed by atoms with E-state index in [1.54, 1.807) is 24.3 Å². The third-order valence-electron chi connectivity index (χ3n) is 5.63. The summed E-state index contributed by atoms with van der Waals surface area (Å²) in [5.41, 5.74) is 4.69. The molecule has 0 spiro atoms. The number of ether oxygens (including phenoxy) is 2. The second kappa shape index (κ2) is 10.4. The number of amides is 4. The average Bonchev–Trinajstić information content (AvgIpc) is 2.81. The highest BCUT2D eigenvalue weighted by molar-refractivity contribution is 9.10. The molecule has 0 saturated carbocycles. The van der Waals surface area contributed by atoms with Crippen molar-refractivity contribution in [2.24, 2.45) is 0 Å². The van der Waals surface area contributed by atoms with Crippen LogP contribution in [0.5, 0.6) is 11.5 Å². The maximum absolute atomic E-state index is 13.3. The number of imide groups is 2. The molecule has 3 aromatic carbocycles. The van der Waals surface area contributed by atoms with Gasteiger partial charge >= 0.3 is 6.03 Å². The van der Waals surface area contributed by atoms with Crippen LogP contribution in [0, 0.1) is 20.8 Å². The molecule has 4 rings (SSSR count). The van der Waals surface area contributed by atoms with Crippen molar-refractivity contribution in [1.29, 1.82) is 0 Å². The zero-order chi connectivity index (χ0) is 26.0. The zero-order valence-corrected chi connectivity index (χ0v) is 21.9. The highest BCUT2D eigenvalue weighted by Gasteiger charge is 2.37. The number of hydrogen-bond acceptors (Lipinski definition) is 5. The number of halogens is 1. The van der Waals surface area contributed by atoms with E-state index in [0.29, 0.717) is 33.8 Å². The van der Waals surface area contributed by atoms with Crippen molar-refractivity contribution in [3.63, 3.8) is 0 Å². The molecule has 1 aliphatic heterocycles. The van der Waals surface area contributed by atoms with E-state index >= 15 is 0 Å². The molecule has 0 aliphatic carbocycles. The molecule has 8 heteroatoms. The molecule has 4 amide bonds. The van der Waals surface area contributed by atoms with Crippen LogP contribution in [0.25, 0.3) is 6.08 Å². The first kappa shape index (κ1) is 25.2. The van der Waals surface area contributed by atoms with Crippen LogP contribution in [0.4, 0.5) is 10.5 Å². The first-order valence-electron chi connectivity index (χ1n) is 11.2. The van der Waals surface area contributed by atoms with Crippen LogP contribution in [-0.2, 0) is 16.2 Å². The summed E-state index contributed by atoms with van der Waals surface area (Å²) in [7, 11) is 1.51. The van der Waals surface area contributed by atoms with Crippen molar-refractivity contribution in [3.8, 4) is 11.5 Å². The van der Waals surface area contributed by atoms with Gasteiger partial charge in [-0.25, -0.2) is 9.69 Å². The second-order valence-electron chi connectivity index (χ2n) is 8.61. The van der Waals surface area contributed by atoms with E-state index in [1.807, 2.05) is 51.1 Å². The topological polar surface area (TPSA) is 84.9 Å². The first-order chi connectivity index (χ1) is 17.2. The Morgan fingerprint density at radius 1 is 0.917 bits per heavy atom. The fourth-order valence-electron chi connectivity index (χ4n) is 3.94. The van der Waals surface area contributed by atoms with Crippen LogP contribution in [0.15, 0.2) is 64.6 Å². The summed E-state index contributed by atoms with van der Waals surface area (Å²) in [6.07, 6.45) is 1.43. The monoisotopic (exact) mass is 548 g/mol. The van der Waals surface area contributed by atoms with Gasteiger partial charge in [0.25, 0.3) is 11.8 Å². The molecule has 1 saturated heterocycles. The highest BCUT2D eigenvalue weighted by Crippen LogP contribution is 2.38. The molecule has 1 fully saturated rings. The molecule has 0 atom stereocenters. The van der Waals surface area contributed by atoms with Gasteiger partial charge in [-0.15, -0.1) is 0 Å². The molecule has 7 nitrogen and oxygen atoms in total. The van der Waals surface area contributed by atoms with Gasteiger partial charge in [0.1, 0.15) is 12.2 Å². The van der Waals surface area contributed by atoms with E-state index < -0.39 is 17.8 Å². The number of nitrogens with zero attached hydrogens (tertiary/aromatic N) is 1. The van der Waals surface area contributed by atoms with Gasteiger partial charge in [-0.3, -0.25) is 14.9 Å². The Morgan fingerprint density at radius 2 is 1.58 bits per heavy atom. The summed E-state index contributed by atoms with van der Waals surface area (Å²) in [6.45, 7) is 6.10. The Balaban J connectivity index is 1.65. The lowest BCUT2D eigenvalue weighted by molar-refractivity contribution is -0.122. The van der Waals surface area contributed by atoms with E-state index in [1.165, 1.54) is 13.2 Å². The van der Waals surface area contributed by atoms with Gasteiger partial charge in [0.2, 0.25) is 0 Å². The van der Waals surface area contributed by atoms with E-state index in [4.69, 9.17) is 9.47 Å². The van der Waals surface area contributed by atoms with Crippen LogP contribution in [0.1, 0.15) is 27.8 Å². The molecule has 184 valence electrons. The summed E-state index contributed by atoms with van der Waals surface area (Å²) in [5, 5.41) is 2.26. The van der Waals surface area contributed by atoms with E-state index in [-0.39, 0.29) is 5.57 Å². The fourth-order valence-corrected chi connectivity index (χ4v) is 4.52. The SMILES string of the molecule is COc1cc(/C=C2\C(=O)NC(=O)N(c3cc(C)cc(C)c3)C2=O)cc(Br)c1OCc1ccc(C)cc1. The van der Waals surface area contributed by atoms with Crippen molar-refractivity contribution in [1.82, 2.24) is 5.32 Å². The number of aryl methyl sites for hydroxylation is 3. The summed E-state index contributed by atoms with van der Waals surface area (Å²) >= 11 is 3.51. The lowest BCUT2D eigenvalue weighted by Crippen LogP contribution is -2.54. The molecule has 0 aromatic heterocycles. The molecule has 1 aliphatic rings. The van der Waals surface area contributed by atoms with Gasteiger partial charge in [0.15, 0.2) is 11.5 Å². The van der Waals surface area contributed by atoms with Crippen molar-refractivity contribution in [2.45, 2.75) is 27.4 Å². The van der Waals surface area contributed by atoms with Crippen molar-refractivity contribution >= 4 is 45.5 Å². The molecule has 0 radical (unpaired) electrons. The number of carbonyl (C=O) groups is 3. The number of anilines is 1. The van der Waals surface area contributed by atoms with Crippen LogP contribution in [0.2, 0.25) is 0 Å². The van der Waals surface area contributed by atoms with Crippen molar-refractivity contribution in [2.75, 3.05) is 12.0 Å². The molecule has 1 N–H and O–H groups in total. The quantitative estimate of drug-likeness (QED) is 0.318. The average molecular weight is 549 g/mol. The number of urea groups is 1. The van der Waals surface area contributed by atoms with Gasteiger partial charge in [-0.05, 0) is 89.3 Å². The third kappa shape index (κ3) is 5.33. The maximum Gasteiger partial charge on any atom is 0.335 e. The number of barbiturate groups is 1. The van der Waals surface area contributed by atoms with Crippen LogP contribution < -0.4 is 19.7 Å². The Hall–Kier alpha value is -3.91. The predicted molar refractivity (Wildman–Crippen MR) is 141 cm³/mol. The number of carbonyl (C=O) groups excluding carboxylic acids is 3. The molecule has 0 bridgehead atoms. The van der Waals surface area contributed by atoms with Gasteiger partial charge in [0, 0.05) is 0 Å². The lowest BCUT2D eigenvalue weighted by Gasteiger charge is -2.27. The Kier molecular flexibility index (Phi) is 7.26. The molecule has 36 heavy (non-hydrogen) atoms. The minimum absolute atomic E-state index is 0.170. The van der Waals surface area contributed by atoms with E-state index in [2.05, 4.69) is 21.2 Å². The Bertz CT molecular complexity index is 1380. The van der Waals surface area contributed by atoms with Crippen molar-refractivity contribution in [3.05, 3.63) is 92.5 Å². The largest absolute Gasteiger partial charge is 0.493 e. The van der Waals surface area contributed by atoms with Crippen molar-refractivity contribution < 1.29 is 23.9 Å². The standard InChI is InChI=1S/C28H25BrN2O5/c1-16-5-7-19(8-6-16)15-36-25-23(29)13-20(14-24(25)35-4)12-22-26(32)30-28(34)31(27(22)33)21-10-17(2)9-18(3)11-21/h5-14H,15H2,1-4H3,(H,30,32,34)/b22-12+. The number of benzene rings is 3. The smallest absolute Gasteiger partial charge is 0.335 e. The minimum Gasteiger partial charge on any atom is -0.493 e. The number of nitrogens with one attached hydrogen (secondary N) is 1. The summed E-state index contributed by atoms with van der Waals surface area (Å²) in [5.74, 6) is -0.551. The Morgan fingerprint density at radius 3 is 2.22 bits per heavy atom. The van der Waals surface area contributed by atoms with Gasteiger partial charge < -0.3 is 9.47 Å². The van der Waals surface area contributed by atoms with Crippen LogP contribution in [0.3, 0.4) is 0 Å². The summed E-state index contributed by atoms with van der Waals surface area (Å²) in [4.78, 5) is 39.4. The fraction of sp³-hybridized carbons (Fsp3) is 0.179. The Labute approximate surface area is 217 Å².